The van der Waals surface area contributed by atoms with E-state index in [0.717, 1.165) is 43.6 Å². The zero-order valence-corrected chi connectivity index (χ0v) is 28.2. The first kappa shape index (κ1) is 34.2. The van der Waals surface area contributed by atoms with Crippen molar-refractivity contribution in [2.75, 3.05) is 93.9 Å². The van der Waals surface area contributed by atoms with E-state index in [1.165, 1.54) is 7.11 Å². The normalized spacial score (nSPS) is 18.2. The molecule has 49 heavy (non-hydrogen) atoms. The molecule has 3 aliphatic heterocycles. The lowest BCUT2D eigenvalue weighted by Gasteiger charge is -2.38. The molecule has 4 heterocycles. The van der Waals surface area contributed by atoms with Crippen LogP contribution in [-0.4, -0.2) is 110 Å². The Balaban J connectivity index is 1.13. The molecule has 0 radical (unpaired) electrons. The van der Waals surface area contributed by atoms with E-state index in [-0.39, 0.29) is 24.3 Å². The highest BCUT2D eigenvalue weighted by atomic mass is 19.4. The van der Waals surface area contributed by atoms with Gasteiger partial charge in [-0.15, -0.1) is 0 Å². The van der Waals surface area contributed by atoms with Crippen LogP contribution in [0.25, 0.3) is 0 Å². The number of piperazine rings is 2. The number of halogens is 3. The Morgan fingerprint density at radius 1 is 1.04 bits per heavy atom. The molecule has 3 aliphatic rings. The monoisotopic (exact) mass is 681 g/mol. The quantitative estimate of drug-likeness (QED) is 0.306. The van der Waals surface area contributed by atoms with Crippen LogP contribution in [-0.2, 0) is 27.7 Å². The molecule has 0 aliphatic carbocycles. The van der Waals surface area contributed by atoms with Crippen LogP contribution in [0.15, 0.2) is 42.6 Å². The number of ether oxygens (including phenoxy) is 1. The van der Waals surface area contributed by atoms with Gasteiger partial charge in [0.1, 0.15) is 17.1 Å². The fourth-order valence-electron chi connectivity index (χ4n) is 6.56. The van der Waals surface area contributed by atoms with Gasteiger partial charge in [0.05, 0.1) is 24.8 Å². The summed E-state index contributed by atoms with van der Waals surface area (Å²) in [6.07, 6.45) is -3.96. The van der Waals surface area contributed by atoms with Crippen molar-refractivity contribution in [2.45, 2.75) is 32.0 Å². The number of hydrogen-bond acceptors (Lipinski definition) is 10. The van der Waals surface area contributed by atoms with E-state index >= 15 is 0 Å². The van der Waals surface area contributed by atoms with E-state index in [0.29, 0.717) is 55.4 Å². The Bertz CT molecular complexity index is 1700. The maximum absolute atomic E-state index is 14.0. The van der Waals surface area contributed by atoms with Crippen LogP contribution < -0.4 is 25.6 Å². The zero-order valence-electron chi connectivity index (χ0n) is 28.2. The maximum Gasteiger partial charge on any atom is 0.421 e. The van der Waals surface area contributed by atoms with Crippen molar-refractivity contribution in [3.8, 4) is 5.75 Å². The molecule has 2 fully saturated rings. The van der Waals surface area contributed by atoms with Crippen LogP contribution in [0.4, 0.5) is 42.0 Å². The molecule has 12 nitrogen and oxygen atoms in total. The summed E-state index contributed by atoms with van der Waals surface area (Å²) >= 11 is 0. The van der Waals surface area contributed by atoms with Crippen molar-refractivity contribution in [2.24, 2.45) is 0 Å². The molecule has 3 N–H and O–H groups in total. The molecule has 0 saturated carbocycles. The van der Waals surface area contributed by atoms with Crippen molar-refractivity contribution < 1.29 is 27.5 Å². The van der Waals surface area contributed by atoms with E-state index in [4.69, 9.17) is 4.74 Å². The van der Waals surface area contributed by atoms with Crippen LogP contribution in [0, 0.1) is 0 Å². The van der Waals surface area contributed by atoms with Gasteiger partial charge in [0.15, 0.2) is 0 Å². The van der Waals surface area contributed by atoms with Gasteiger partial charge >= 0.3 is 6.18 Å². The fourth-order valence-corrected chi connectivity index (χ4v) is 6.56. The molecule has 2 amide bonds. The van der Waals surface area contributed by atoms with Crippen LogP contribution in [0.5, 0.6) is 5.75 Å². The van der Waals surface area contributed by atoms with E-state index < -0.39 is 23.0 Å². The summed E-state index contributed by atoms with van der Waals surface area (Å²) in [6.45, 7) is 10.3. The molecule has 1 aromatic heterocycles. The largest absolute Gasteiger partial charge is 0.494 e. The minimum absolute atomic E-state index is 0.00777. The van der Waals surface area contributed by atoms with E-state index in [9.17, 15) is 22.8 Å². The lowest BCUT2D eigenvalue weighted by molar-refractivity contribution is -0.137. The SMILES string of the molecule is COc1cc(N2CCN(C(=O)CN3CCN(C)CC3)CC2)ccc1Nc1ncc(C(F)(F)F)c(NCc2cccc3c2C(C)(C)C(=O)N3)n1. The van der Waals surface area contributed by atoms with Crippen molar-refractivity contribution in [1.82, 2.24) is 24.7 Å². The first-order chi connectivity index (χ1) is 23.3. The highest BCUT2D eigenvalue weighted by molar-refractivity contribution is 6.06. The standard InChI is InChI=1S/C34H42F3N9O3/c1-33(2)29-22(6-5-7-26(29)40-31(33)48)19-38-30-24(34(35,36)37)20-39-32(42-30)41-25-9-8-23(18-27(25)49-4)45-14-16-46(17-15-45)28(47)21-44-12-10-43(3)11-13-44/h5-9,18,20H,10-17,19,21H2,1-4H3,(H,40,48)(H2,38,39,41,42). The van der Waals surface area contributed by atoms with Crippen molar-refractivity contribution in [3.05, 3.63) is 59.3 Å². The molecule has 15 heteroatoms. The Morgan fingerprint density at radius 3 is 2.47 bits per heavy atom. The minimum atomic E-state index is -4.70. The average Bonchev–Trinajstić information content (AvgIpc) is 3.32. The summed E-state index contributed by atoms with van der Waals surface area (Å²) in [7, 11) is 3.61. The summed E-state index contributed by atoms with van der Waals surface area (Å²) in [5.41, 5.74) is 1.58. The lowest BCUT2D eigenvalue weighted by Crippen LogP contribution is -2.53. The molecule has 0 bridgehead atoms. The van der Waals surface area contributed by atoms with Crippen LogP contribution >= 0.6 is 0 Å². The summed E-state index contributed by atoms with van der Waals surface area (Å²) in [4.78, 5) is 42.2. The van der Waals surface area contributed by atoms with Crippen molar-refractivity contribution in [1.29, 1.82) is 0 Å². The average molecular weight is 682 g/mol. The predicted molar refractivity (Wildman–Crippen MR) is 181 cm³/mol. The second-order valence-corrected chi connectivity index (χ2v) is 13.2. The first-order valence-electron chi connectivity index (χ1n) is 16.3. The number of amides is 2. The second-order valence-electron chi connectivity index (χ2n) is 13.2. The topological polar surface area (TPSA) is 118 Å². The molecule has 3 aromatic rings. The van der Waals surface area contributed by atoms with Crippen LogP contribution in [0.2, 0.25) is 0 Å². The molecular formula is C34H42F3N9O3. The number of hydrogen-bond donors (Lipinski definition) is 3. The summed E-state index contributed by atoms with van der Waals surface area (Å²) in [5.74, 6) is -0.00927. The molecule has 262 valence electrons. The van der Waals surface area contributed by atoms with Gasteiger partial charge in [-0.05, 0) is 50.2 Å². The van der Waals surface area contributed by atoms with E-state index in [2.05, 4.69) is 47.7 Å². The Labute approximate surface area is 283 Å². The van der Waals surface area contributed by atoms with Gasteiger partial charge in [-0.3, -0.25) is 14.5 Å². The summed E-state index contributed by atoms with van der Waals surface area (Å²) in [6, 6.07) is 10.8. The van der Waals surface area contributed by atoms with Gasteiger partial charge in [0, 0.05) is 82.5 Å². The van der Waals surface area contributed by atoms with E-state index in [1.54, 1.807) is 38.1 Å². The first-order valence-corrected chi connectivity index (χ1v) is 16.3. The highest BCUT2D eigenvalue weighted by Crippen LogP contribution is 2.41. The third-order valence-electron chi connectivity index (χ3n) is 9.52. The molecule has 2 saturated heterocycles. The molecule has 2 aromatic carbocycles. The molecule has 6 rings (SSSR count). The molecular weight excluding hydrogens is 639 g/mol. The Hall–Kier alpha value is -4.63. The number of carbonyl (C=O) groups is 2. The predicted octanol–water partition coefficient (Wildman–Crippen LogP) is 3.99. The third kappa shape index (κ3) is 7.37. The van der Waals surface area contributed by atoms with Gasteiger partial charge in [-0.2, -0.15) is 18.2 Å². The number of rotatable bonds is 9. The summed E-state index contributed by atoms with van der Waals surface area (Å²) < 4.78 is 47.7. The number of benzene rings is 2. The highest BCUT2D eigenvalue weighted by Gasteiger charge is 2.40. The number of carbonyl (C=O) groups excluding carboxylic acids is 2. The van der Waals surface area contributed by atoms with Crippen molar-refractivity contribution in [3.63, 3.8) is 0 Å². The number of methoxy groups -OCH3 is 1. The Morgan fingerprint density at radius 2 is 1.78 bits per heavy atom. The number of alkyl halides is 3. The zero-order chi connectivity index (χ0) is 34.9. The number of anilines is 5. The number of aromatic nitrogens is 2. The van der Waals surface area contributed by atoms with Gasteiger partial charge in [-0.25, -0.2) is 4.98 Å². The van der Waals surface area contributed by atoms with Gasteiger partial charge in [-0.1, -0.05) is 12.1 Å². The molecule has 0 atom stereocenters. The number of nitrogens with one attached hydrogen (secondary N) is 3. The Kier molecular flexibility index (Phi) is 9.58. The smallest absolute Gasteiger partial charge is 0.421 e. The van der Waals surface area contributed by atoms with Gasteiger partial charge < -0.3 is 35.4 Å². The number of likely N-dealkylation sites (N-methyl/N-ethyl adjacent to an activating group) is 1. The van der Waals surface area contributed by atoms with Crippen LogP contribution in [0.3, 0.4) is 0 Å². The van der Waals surface area contributed by atoms with Gasteiger partial charge in [0.2, 0.25) is 17.8 Å². The number of nitrogens with zero attached hydrogens (tertiary/aromatic N) is 6. The second kappa shape index (κ2) is 13.7. The fraction of sp³-hybridized carbons (Fsp3) is 0.471. The van der Waals surface area contributed by atoms with Crippen LogP contribution in [0.1, 0.15) is 30.5 Å². The minimum Gasteiger partial charge on any atom is -0.494 e. The molecule has 0 spiro atoms. The summed E-state index contributed by atoms with van der Waals surface area (Å²) in [5, 5.41) is 8.69. The molecule has 0 unspecified atom stereocenters. The van der Waals surface area contributed by atoms with E-state index in [1.807, 2.05) is 17.0 Å². The van der Waals surface area contributed by atoms with Crippen molar-refractivity contribution >= 4 is 40.6 Å². The maximum atomic E-state index is 14.0. The lowest BCUT2D eigenvalue weighted by atomic mass is 9.83. The number of fused-ring (bicyclic) bond motifs is 1. The third-order valence-corrected chi connectivity index (χ3v) is 9.52. The van der Waals surface area contributed by atoms with Gasteiger partial charge in [0.25, 0.3) is 0 Å².